The van der Waals surface area contributed by atoms with Crippen LogP contribution in [0.3, 0.4) is 0 Å². The van der Waals surface area contributed by atoms with Gasteiger partial charge in [-0.1, -0.05) is 5.16 Å². The zero-order valence-corrected chi connectivity index (χ0v) is 16.2. The maximum atomic E-state index is 14.1. The van der Waals surface area contributed by atoms with Gasteiger partial charge in [0.25, 0.3) is 11.5 Å². The van der Waals surface area contributed by atoms with Crippen LogP contribution in [0.25, 0.3) is 16.6 Å². The minimum atomic E-state index is -0.465. The molecule has 140 valence electrons. The van der Waals surface area contributed by atoms with Gasteiger partial charge >= 0.3 is 0 Å². The summed E-state index contributed by atoms with van der Waals surface area (Å²) < 4.78 is 20.5. The smallest absolute Gasteiger partial charge is 0.256 e. The lowest BCUT2D eigenvalue weighted by Crippen LogP contribution is -2.19. The number of benzene rings is 2. The van der Waals surface area contributed by atoms with Crippen LogP contribution in [-0.2, 0) is 0 Å². The molecule has 0 bridgehead atoms. The first-order valence-electron chi connectivity index (χ1n) is 8.27. The molecule has 2 heterocycles. The largest absolute Gasteiger partial charge is 0.363 e. The van der Waals surface area contributed by atoms with Gasteiger partial charge < -0.3 is 9.84 Å². The van der Waals surface area contributed by atoms with Gasteiger partial charge in [-0.3, -0.25) is 14.2 Å². The van der Waals surface area contributed by atoms with Crippen molar-refractivity contribution in [2.45, 2.75) is 6.92 Å². The van der Waals surface area contributed by atoms with Crippen LogP contribution >= 0.6 is 15.9 Å². The average molecular weight is 442 g/mol. The first-order valence-corrected chi connectivity index (χ1v) is 9.07. The summed E-state index contributed by atoms with van der Waals surface area (Å²) in [6, 6.07) is 12.4. The number of anilines is 1. The molecule has 0 atom stereocenters. The highest BCUT2D eigenvalue weighted by atomic mass is 79.9. The molecule has 1 N–H and O–H groups in total. The Balaban J connectivity index is 1.83. The standard InChI is InChI=1S/C20H13BrFN3O3/c1-11-8-14(21)15(22)10-17(11)25-16-4-2-13(9-12(16)3-5-19(25)26)20(27)23-18-6-7-28-24-18/h2-10H,1H3,(H,23,24,27). The number of hydrogen-bond acceptors (Lipinski definition) is 4. The normalized spacial score (nSPS) is 11.0. The number of aryl methyl sites for hydroxylation is 1. The summed E-state index contributed by atoms with van der Waals surface area (Å²) in [6.45, 7) is 1.80. The molecular weight excluding hydrogens is 429 g/mol. The molecule has 0 aliphatic heterocycles. The van der Waals surface area contributed by atoms with Gasteiger partial charge in [0.2, 0.25) is 0 Å². The van der Waals surface area contributed by atoms with Gasteiger partial charge in [0, 0.05) is 17.7 Å². The number of nitrogens with one attached hydrogen (secondary N) is 1. The number of nitrogens with zero attached hydrogens (tertiary/aromatic N) is 2. The van der Waals surface area contributed by atoms with Crippen LogP contribution in [0.4, 0.5) is 10.2 Å². The van der Waals surface area contributed by atoms with Crippen molar-refractivity contribution in [3.8, 4) is 5.69 Å². The number of pyridine rings is 1. The fourth-order valence-corrected chi connectivity index (χ4v) is 3.44. The summed E-state index contributed by atoms with van der Waals surface area (Å²) in [4.78, 5) is 24.9. The van der Waals surface area contributed by atoms with E-state index in [1.807, 2.05) is 0 Å². The fraction of sp³-hybridized carbons (Fsp3) is 0.0500. The lowest BCUT2D eigenvalue weighted by molar-refractivity contribution is 0.102. The molecular formula is C20H13BrFN3O3. The molecule has 2 aromatic heterocycles. The number of rotatable bonds is 3. The SMILES string of the molecule is Cc1cc(Br)c(F)cc1-n1c(=O)ccc2cc(C(=O)Nc3ccon3)ccc21. The van der Waals surface area contributed by atoms with E-state index in [0.29, 0.717) is 32.4 Å². The Labute approximate surface area is 166 Å². The summed E-state index contributed by atoms with van der Waals surface area (Å²) in [7, 11) is 0. The third kappa shape index (κ3) is 3.22. The van der Waals surface area contributed by atoms with Crippen molar-refractivity contribution in [3.63, 3.8) is 0 Å². The van der Waals surface area contributed by atoms with E-state index in [2.05, 4.69) is 26.4 Å². The topological polar surface area (TPSA) is 77.1 Å². The summed E-state index contributed by atoms with van der Waals surface area (Å²) in [5.74, 6) is -0.524. The van der Waals surface area contributed by atoms with E-state index in [1.54, 1.807) is 37.3 Å². The third-order valence-electron chi connectivity index (χ3n) is 4.32. The molecule has 0 aliphatic rings. The average Bonchev–Trinajstić information content (AvgIpc) is 3.18. The van der Waals surface area contributed by atoms with E-state index in [9.17, 15) is 14.0 Å². The summed E-state index contributed by atoms with van der Waals surface area (Å²) in [5.41, 5.74) is 1.83. The van der Waals surface area contributed by atoms with E-state index < -0.39 is 5.82 Å². The highest BCUT2D eigenvalue weighted by molar-refractivity contribution is 9.10. The Hall–Kier alpha value is -3.26. The molecule has 0 spiro atoms. The van der Waals surface area contributed by atoms with Crippen LogP contribution in [0.2, 0.25) is 0 Å². The summed E-state index contributed by atoms with van der Waals surface area (Å²) in [5, 5.41) is 6.92. The predicted octanol–water partition coefficient (Wildman–Crippen LogP) is 4.44. The van der Waals surface area contributed by atoms with E-state index in [1.165, 1.54) is 29.0 Å². The van der Waals surface area contributed by atoms with Crippen molar-refractivity contribution in [3.05, 3.63) is 86.6 Å². The van der Waals surface area contributed by atoms with Gasteiger partial charge in [-0.25, -0.2) is 4.39 Å². The number of halogens is 2. The van der Waals surface area contributed by atoms with Crippen LogP contribution in [0.5, 0.6) is 0 Å². The number of fused-ring (bicyclic) bond motifs is 1. The van der Waals surface area contributed by atoms with E-state index in [-0.39, 0.29) is 11.5 Å². The van der Waals surface area contributed by atoms with Crippen LogP contribution in [0.1, 0.15) is 15.9 Å². The van der Waals surface area contributed by atoms with Crippen molar-refractivity contribution in [2.24, 2.45) is 0 Å². The zero-order valence-electron chi connectivity index (χ0n) is 14.6. The number of carbonyl (C=O) groups excluding carboxylic acids is 1. The Bertz CT molecular complexity index is 1270. The molecule has 0 saturated carbocycles. The quantitative estimate of drug-likeness (QED) is 0.509. The maximum absolute atomic E-state index is 14.1. The Morgan fingerprint density at radius 3 is 2.75 bits per heavy atom. The summed E-state index contributed by atoms with van der Waals surface area (Å²) in [6.07, 6.45) is 1.36. The molecule has 8 heteroatoms. The van der Waals surface area contributed by atoms with Crippen LogP contribution in [-0.4, -0.2) is 15.6 Å². The van der Waals surface area contributed by atoms with E-state index >= 15 is 0 Å². The van der Waals surface area contributed by atoms with E-state index in [0.717, 1.165) is 5.56 Å². The van der Waals surface area contributed by atoms with Crippen LogP contribution in [0, 0.1) is 12.7 Å². The molecule has 28 heavy (non-hydrogen) atoms. The van der Waals surface area contributed by atoms with Gasteiger partial charge in [-0.15, -0.1) is 0 Å². The Morgan fingerprint density at radius 1 is 1.18 bits per heavy atom. The molecule has 0 aliphatic carbocycles. The fourth-order valence-electron chi connectivity index (χ4n) is 2.98. The molecule has 1 amide bonds. The van der Waals surface area contributed by atoms with Crippen molar-refractivity contribution >= 4 is 38.6 Å². The monoisotopic (exact) mass is 441 g/mol. The molecule has 4 aromatic rings. The van der Waals surface area contributed by atoms with Gasteiger partial charge in [0.15, 0.2) is 5.82 Å². The molecule has 0 fully saturated rings. The Morgan fingerprint density at radius 2 is 2.00 bits per heavy atom. The first-order chi connectivity index (χ1) is 13.4. The van der Waals surface area contributed by atoms with Gasteiger partial charge in [-0.2, -0.15) is 0 Å². The van der Waals surface area contributed by atoms with Crippen molar-refractivity contribution in [1.82, 2.24) is 9.72 Å². The van der Waals surface area contributed by atoms with Gasteiger partial charge in [0.05, 0.1) is 15.7 Å². The number of amides is 1. The second kappa shape index (κ2) is 7.05. The molecule has 2 aromatic carbocycles. The second-order valence-corrected chi connectivity index (χ2v) is 7.03. The lowest BCUT2D eigenvalue weighted by atomic mass is 10.1. The highest BCUT2D eigenvalue weighted by Crippen LogP contribution is 2.25. The Kier molecular flexibility index (Phi) is 4.56. The van der Waals surface area contributed by atoms with Crippen molar-refractivity contribution in [1.29, 1.82) is 0 Å². The number of aromatic nitrogens is 2. The van der Waals surface area contributed by atoms with E-state index in [4.69, 9.17) is 4.52 Å². The minimum Gasteiger partial charge on any atom is -0.363 e. The lowest BCUT2D eigenvalue weighted by Gasteiger charge is -2.14. The summed E-state index contributed by atoms with van der Waals surface area (Å²) >= 11 is 3.15. The first kappa shape index (κ1) is 18.1. The van der Waals surface area contributed by atoms with Gasteiger partial charge in [-0.05, 0) is 70.2 Å². The molecule has 4 rings (SSSR count). The van der Waals surface area contributed by atoms with Crippen molar-refractivity contribution in [2.75, 3.05) is 5.32 Å². The number of carbonyl (C=O) groups is 1. The maximum Gasteiger partial charge on any atom is 0.256 e. The van der Waals surface area contributed by atoms with Crippen LogP contribution < -0.4 is 10.9 Å². The molecule has 0 saturated heterocycles. The third-order valence-corrected chi connectivity index (χ3v) is 4.92. The molecule has 0 unspecified atom stereocenters. The second-order valence-electron chi connectivity index (χ2n) is 6.17. The van der Waals surface area contributed by atoms with Gasteiger partial charge in [0.1, 0.15) is 12.1 Å². The number of hydrogen-bond donors (Lipinski definition) is 1. The minimum absolute atomic E-state index is 0.294. The molecule has 0 radical (unpaired) electrons. The van der Waals surface area contributed by atoms with Crippen molar-refractivity contribution < 1.29 is 13.7 Å². The predicted molar refractivity (Wildman–Crippen MR) is 106 cm³/mol. The highest BCUT2D eigenvalue weighted by Gasteiger charge is 2.14. The zero-order chi connectivity index (χ0) is 19.8. The van der Waals surface area contributed by atoms with Crippen LogP contribution in [0.15, 0.2) is 68.6 Å². The molecule has 6 nitrogen and oxygen atoms in total.